The Morgan fingerprint density at radius 2 is 1.78 bits per heavy atom. The molecule has 2 aromatic rings. The molecule has 1 aliphatic heterocycles. The second kappa shape index (κ2) is 7.67. The van der Waals surface area contributed by atoms with Crippen LogP contribution in [0.5, 0.6) is 0 Å². The van der Waals surface area contributed by atoms with Crippen molar-refractivity contribution in [1.29, 1.82) is 0 Å². The number of piperidine rings is 1. The average molecular weight is 367 g/mol. The van der Waals surface area contributed by atoms with Crippen molar-refractivity contribution < 1.29 is 4.79 Å². The molecule has 5 nitrogen and oxygen atoms in total. The topological polar surface area (TPSA) is 55.2 Å². The van der Waals surface area contributed by atoms with Gasteiger partial charge in [-0.3, -0.25) is 9.59 Å². The Kier molecular flexibility index (Phi) is 5.49. The molecule has 1 aliphatic rings. The molecule has 0 N–H and O–H groups in total. The summed E-state index contributed by atoms with van der Waals surface area (Å²) < 4.78 is 1.63. The Bertz CT molecular complexity index is 857. The molecule has 1 aromatic heterocycles. The van der Waals surface area contributed by atoms with E-state index in [0.29, 0.717) is 19.5 Å². The van der Waals surface area contributed by atoms with Crippen molar-refractivity contribution in [2.24, 2.45) is 5.41 Å². The molecule has 3 rings (SSSR count). The maximum Gasteiger partial charge on any atom is 0.267 e. The fourth-order valence-electron chi connectivity index (χ4n) is 3.62. The highest BCUT2D eigenvalue weighted by molar-refractivity contribution is 5.76. The summed E-state index contributed by atoms with van der Waals surface area (Å²) in [6.07, 6.45) is 2.08. The highest BCUT2D eigenvalue weighted by Gasteiger charge is 2.27. The van der Waals surface area contributed by atoms with E-state index in [1.807, 2.05) is 42.2 Å². The average Bonchev–Trinajstić information content (AvgIpc) is 2.61. The van der Waals surface area contributed by atoms with Crippen LogP contribution in [0.1, 0.15) is 51.6 Å². The quantitative estimate of drug-likeness (QED) is 0.829. The first-order valence-electron chi connectivity index (χ1n) is 9.68. The highest BCUT2D eigenvalue weighted by atomic mass is 16.2. The molecule has 0 aliphatic carbocycles. The third kappa shape index (κ3) is 4.65. The molecule has 0 bridgehead atoms. The van der Waals surface area contributed by atoms with Gasteiger partial charge in [-0.2, -0.15) is 5.10 Å². The van der Waals surface area contributed by atoms with Gasteiger partial charge in [-0.15, -0.1) is 0 Å². The second-order valence-electron chi connectivity index (χ2n) is 8.67. The number of amides is 1. The Labute approximate surface area is 161 Å². The van der Waals surface area contributed by atoms with Gasteiger partial charge in [0.15, 0.2) is 0 Å². The summed E-state index contributed by atoms with van der Waals surface area (Å²) in [4.78, 5) is 26.9. The normalized spacial score (nSPS) is 15.8. The molecular weight excluding hydrogens is 338 g/mol. The third-order valence-electron chi connectivity index (χ3n) is 5.04. The van der Waals surface area contributed by atoms with Crippen molar-refractivity contribution in [1.82, 2.24) is 14.7 Å². The van der Waals surface area contributed by atoms with Crippen LogP contribution >= 0.6 is 0 Å². The van der Waals surface area contributed by atoms with E-state index in [4.69, 9.17) is 5.10 Å². The van der Waals surface area contributed by atoms with E-state index in [9.17, 15) is 9.59 Å². The van der Waals surface area contributed by atoms with Gasteiger partial charge in [0.05, 0.1) is 11.7 Å². The molecule has 144 valence electrons. The second-order valence-corrected chi connectivity index (χ2v) is 8.67. The van der Waals surface area contributed by atoms with Gasteiger partial charge in [0.25, 0.3) is 5.56 Å². The van der Waals surface area contributed by atoms with Crippen molar-refractivity contribution in [3.8, 4) is 11.3 Å². The summed E-state index contributed by atoms with van der Waals surface area (Å²) in [6.45, 7) is 9.54. The first kappa shape index (κ1) is 19.3. The summed E-state index contributed by atoms with van der Waals surface area (Å²) >= 11 is 0. The Morgan fingerprint density at radius 1 is 1.15 bits per heavy atom. The number of hydrogen-bond donors (Lipinski definition) is 0. The van der Waals surface area contributed by atoms with E-state index in [2.05, 4.69) is 20.8 Å². The molecule has 1 fully saturated rings. The predicted octanol–water partition coefficient (Wildman–Crippen LogP) is 3.82. The van der Waals surface area contributed by atoms with Crippen molar-refractivity contribution in [2.75, 3.05) is 13.1 Å². The highest BCUT2D eigenvalue weighted by Crippen LogP contribution is 2.26. The lowest BCUT2D eigenvalue weighted by Gasteiger charge is -2.34. The van der Waals surface area contributed by atoms with E-state index in [-0.39, 0.29) is 22.9 Å². The molecule has 2 heterocycles. The molecule has 0 spiro atoms. The lowest BCUT2D eigenvalue weighted by atomic mass is 9.91. The maximum absolute atomic E-state index is 12.5. The number of aryl methyl sites for hydroxylation is 1. The number of benzene rings is 1. The minimum Gasteiger partial charge on any atom is -0.343 e. The van der Waals surface area contributed by atoms with Gasteiger partial charge < -0.3 is 4.90 Å². The third-order valence-corrected chi connectivity index (χ3v) is 5.04. The molecule has 0 saturated carbocycles. The Hall–Kier alpha value is -2.43. The number of carbonyl (C=O) groups is 1. The number of rotatable bonds is 3. The zero-order valence-corrected chi connectivity index (χ0v) is 16.7. The van der Waals surface area contributed by atoms with Crippen LogP contribution in [0, 0.1) is 12.3 Å². The summed E-state index contributed by atoms with van der Waals surface area (Å²) in [5, 5.41) is 4.70. The first-order valence-corrected chi connectivity index (χ1v) is 9.68. The number of hydrogen-bond acceptors (Lipinski definition) is 3. The van der Waals surface area contributed by atoms with Crippen LogP contribution in [0.2, 0.25) is 0 Å². The number of nitrogens with zero attached hydrogens (tertiary/aromatic N) is 3. The lowest BCUT2D eigenvalue weighted by molar-refractivity contribution is -0.134. The van der Waals surface area contributed by atoms with Crippen LogP contribution in [0.15, 0.2) is 41.2 Å². The minimum absolute atomic E-state index is 0.00598. The van der Waals surface area contributed by atoms with E-state index in [1.54, 1.807) is 10.7 Å². The van der Waals surface area contributed by atoms with E-state index >= 15 is 0 Å². The number of aromatic nitrogens is 2. The molecule has 0 atom stereocenters. The number of carbonyl (C=O) groups excluding carboxylic acids is 1. The molecule has 1 saturated heterocycles. The molecular formula is C22H29N3O2. The van der Waals surface area contributed by atoms with E-state index < -0.39 is 0 Å². The molecule has 27 heavy (non-hydrogen) atoms. The summed E-state index contributed by atoms with van der Waals surface area (Å²) in [7, 11) is 0. The van der Waals surface area contributed by atoms with Gasteiger partial charge in [0.2, 0.25) is 5.91 Å². The van der Waals surface area contributed by atoms with Gasteiger partial charge in [-0.05, 0) is 30.7 Å². The van der Waals surface area contributed by atoms with Crippen LogP contribution in [-0.4, -0.2) is 33.7 Å². The zero-order valence-electron chi connectivity index (χ0n) is 16.7. The Morgan fingerprint density at radius 3 is 2.37 bits per heavy atom. The first-order chi connectivity index (χ1) is 12.7. The van der Waals surface area contributed by atoms with Crippen LogP contribution in [0.4, 0.5) is 0 Å². The standard InChI is InChI=1S/C22H29N3O2/c1-16-14-19(26)25(23-21(16)17-8-6-5-7-9-17)18-10-12-24(13-11-18)20(27)15-22(2,3)4/h5-9,14,18H,10-13,15H2,1-4H3. The van der Waals surface area contributed by atoms with Crippen LogP contribution in [-0.2, 0) is 4.79 Å². The lowest BCUT2D eigenvalue weighted by Crippen LogP contribution is -2.42. The summed E-state index contributed by atoms with van der Waals surface area (Å²) in [5.74, 6) is 0.204. The smallest absolute Gasteiger partial charge is 0.267 e. The van der Waals surface area contributed by atoms with E-state index in [0.717, 1.165) is 29.7 Å². The van der Waals surface area contributed by atoms with Crippen molar-refractivity contribution >= 4 is 5.91 Å². The van der Waals surface area contributed by atoms with Gasteiger partial charge in [0, 0.05) is 31.1 Å². The van der Waals surface area contributed by atoms with Crippen molar-refractivity contribution in [3.63, 3.8) is 0 Å². The monoisotopic (exact) mass is 367 g/mol. The molecule has 5 heteroatoms. The molecule has 0 radical (unpaired) electrons. The zero-order chi connectivity index (χ0) is 19.6. The molecule has 1 amide bonds. The summed E-state index contributed by atoms with van der Waals surface area (Å²) in [5.41, 5.74) is 2.68. The summed E-state index contributed by atoms with van der Waals surface area (Å²) in [6, 6.07) is 11.7. The van der Waals surface area contributed by atoms with Gasteiger partial charge in [-0.25, -0.2) is 4.68 Å². The van der Waals surface area contributed by atoms with Crippen LogP contribution in [0.25, 0.3) is 11.3 Å². The van der Waals surface area contributed by atoms with Crippen LogP contribution < -0.4 is 5.56 Å². The fraction of sp³-hybridized carbons (Fsp3) is 0.500. The largest absolute Gasteiger partial charge is 0.343 e. The molecule has 1 aromatic carbocycles. The van der Waals surface area contributed by atoms with E-state index in [1.165, 1.54) is 0 Å². The van der Waals surface area contributed by atoms with Crippen molar-refractivity contribution in [2.45, 2.75) is 53.0 Å². The maximum atomic E-state index is 12.5. The van der Waals surface area contributed by atoms with Crippen LogP contribution in [0.3, 0.4) is 0 Å². The van der Waals surface area contributed by atoms with Gasteiger partial charge >= 0.3 is 0 Å². The molecule has 0 unspecified atom stereocenters. The SMILES string of the molecule is Cc1cc(=O)n(C2CCN(C(=O)CC(C)(C)C)CC2)nc1-c1ccccc1. The van der Waals surface area contributed by atoms with Gasteiger partial charge in [-0.1, -0.05) is 51.1 Å². The Balaban J connectivity index is 1.77. The van der Waals surface area contributed by atoms with Gasteiger partial charge in [0.1, 0.15) is 0 Å². The fourth-order valence-corrected chi connectivity index (χ4v) is 3.62. The minimum atomic E-state index is -0.0633. The van der Waals surface area contributed by atoms with Crippen molar-refractivity contribution in [3.05, 3.63) is 52.3 Å². The predicted molar refractivity (Wildman–Crippen MR) is 108 cm³/mol. The number of likely N-dealkylation sites (tertiary alicyclic amines) is 1.